The number of carbonyl (C=O) groups is 1. The van der Waals surface area contributed by atoms with Crippen LogP contribution in [0.1, 0.15) is 34.9 Å². The van der Waals surface area contributed by atoms with Crippen molar-refractivity contribution in [3.63, 3.8) is 0 Å². The molecule has 1 saturated heterocycles. The predicted octanol–water partition coefficient (Wildman–Crippen LogP) is 3.18. The molecule has 0 saturated carbocycles. The summed E-state index contributed by atoms with van der Waals surface area (Å²) in [6.07, 6.45) is 2.98. The highest BCUT2D eigenvalue weighted by molar-refractivity contribution is 6.33. The first-order chi connectivity index (χ1) is 9.68. The fourth-order valence-electron chi connectivity index (χ4n) is 2.64. The van der Waals surface area contributed by atoms with Crippen LogP contribution in [-0.2, 0) is 0 Å². The molecule has 1 aliphatic rings. The molecule has 2 heterocycles. The van der Waals surface area contributed by atoms with Gasteiger partial charge in [0.05, 0.1) is 17.3 Å². The molecule has 1 aliphatic heterocycles. The first-order valence-corrected chi connectivity index (χ1v) is 6.80. The van der Waals surface area contributed by atoms with Crippen molar-refractivity contribution in [2.24, 2.45) is 0 Å². The number of hydrogen-bond acceptors (Lipinski definition) is 2. The number of benzene rings is 1. The molecule has 0 spiro atoms. The van der Waals surface area contributed by atoms with Crippen LogP contribution in [0.3, 0.4) is 0 Å². The fraction of sp³-hybridized carbons (Fsp3) is 0.286. The Morgan fingerprint density at radius 2 is 2.25 bits per heavy atom. The molecular weight excluding hydrogens is 281 g/mol. The largest absolute Gasteiger partial charge is 0.330 e. The van der Waals surface area contributed by atoms with Crippen molar-refractivity contribution in [3.8, 4) is 0 Å². The number of hydrogen-bond donors (Lipinski definition) is 1. The molecule has 6 heteroatoms. The summed E-state index contributed by atoms with van der Waals surface area (Å²) in [6, 6.07) is 6.32. The second-order valence-electron chi connectivity index (χ2n) is 4.77. The van der Waals surface area contributed by atoms with Gasteiger partial charge in [0.2, 0.25) is 0 Å². The number of rotatable bonds is 2. The molecule has 1 aromatic heterocycles. The van der Waals surface area contributed by atoms with Gasteiger partial charge in [0, 0.05) is 12.1 Å². The quantitative estimate of drug-likeness (QED) is 0.924. The summed E-state index contributed by atoms with van der Waals surface area (Å²) in [4.78, 5) is 14.1. The lowest BCUT2D eigenvalue weighted by Gasteiger charge is -2.25. The lowest BCUT2D eigenvalue weighted by Crippen LogP contribution is -2.31. The highest BCUT2D eigenvalue weighted by Gasteiger charge is 2.33. The normalized spacial score (nSPS) is 18.5. The first-order valence-electron chi connectivity index (χ1n) is 6.42. The Morgan fingerprint density at radius 1 is 1.45 bits per heavy atom. The average Bonchev–Trinajstić information content (AvgIpc) is 3.07. The molecule has 3 rings (SSSR count). The van der Waals surface area contributed by atoms with Gasteiger partial charge in [0.25, 0.3) is 5.91 Å². The van der Waals surface area contributed by atoms with Crippen LogP contribution in [-0.4, -0.2) is 27.5 Å². The van der Waals surface area contributed by atoms with Crippen LogP contribution in [0.25, 0.3) is 0 Å². The van der Waals surface area contributed by atoms with Crippen molar-refractivity contribution >= 4 is 17.5 Å². The minimum absolute atomic E-state index is 0.238. The number of aromatic nitrogens is 2. The Hall–Kier alpha value is -1.88. The molecule has 0 bridgehead atoms. The first kappa shape index (κ1) is 13.1. The van der Waals surface area contributed by atoms with Gasteiger partial charge in [-0.05, 0) is 18.9 Å². The second kappa shape index (κ2) is 5.25. The summed E-state index contributed by atoms with van der Waals surface area (Å²) in [6.45, 7) is 0.590. The van der Waals surface area contributed by atoms with Crippen LogP contribution in [0, 0.1) is 5.82 Å². The zero-order chi connectivity index (χ0) is 14.1. The molecule has 1 amide bonds. The fourth-order valence-corrected chi connectivity index (χ4v) is 2.82. The van der Waals surface area contributed by atoms with E-state index in [1.54, 1.807) is 23.1 Å². The number of nitrogens with one attached hydrogen (secondary N) is 1. The van der Waals surface area contributed by atoms with Crippen molar-refractivity contribution in [1.82, 2.24) is 15.1 Å². The van der Waals surface area contributed by atoms with Gasteiger partial charge in [-0.2, -0.15) is 5.10 Å². The number of halogens is 2. The van der Waals surface area contributed by atoms with Gasteiger partial charge in [0.15, 0.2) is 0 Å². The number of likely N-dealkylation sites (tertiary alicyclic amines) is 1. The molecule has 4 nitrogen and oxygen atoms in total. The van der Waals surface area contributed by atoms with Crippen LogP contribution in [0.15, 0.2) is 30.5 Å². The van der Waals surface area contributed by atoms with E-state index in [0.29, 0.717) is 12.1 Å². The Kier molecular flexibility index (Phi) is 3.44. The molecule has 1 N–H and O–H groups in total. The molecule has 1 atom stereocenters. The Morgan fingerprint density at radius 3 is 2.95 bits per heavy atom. The maximum absolute atomic E-state index is 13.9. The van der Waals surface area contributed by atoms with E-state index in [1.165, 1.54) is 12.3 Å². The lowest BCUT2D eigenvalue weighted by atomic mass is 10.0. The van der Waals surface area contributed by atoms with Gasteiger partial charge in [-0.25, -0.2) is 4.39 Å². The molecule has 0 radical (unpaired) electrons. The van der Waals surface area contributed by atoms with Crippen molar-refractivity contribution in [3.05, 3.63) is 52.6 Å². The monoisotopic (exact) mass is 293 g/mol. The van der Waals surface area contributed by atoms with Crippen molar-refractivity contribution in [2.75, 3.05) is 6.54 Å². The smallest absolute Gasteiger partial charge is 0.273 e. The van der Waals surface area contributed by atoms with E-state index in [9.17, 15) is 9.18 Å². The second-order valence-corrected chi connectivity index (χ2v) is 5.18. The van der Waals surface area contributed by atoms with Gasteiger partial charge in [-0.15, -0.1) is 0 Å². The van der Waals surface area contributed by atoms with Crippen molar-refractivity contribution < 1.29 is 9.18 Å². The zero-order valence-electron chi connectivity index (χ0n) is 10.6. The third-order valence-corrected chi connectivity index (χ3v) is 3.87. The van der Waals surface area contributed by atoms with E-state index in [2.05, 4.69) is 10.2 Å². The molecule has 20 heavy (non-hydrogen) atoms. The number of nitrogens with zero attached hydrogens (tertiary/aromatic N) is 2. The summed E-state index contributed by atoms with van der Waals surface area (Å²) in [5.41, 5.74) is 0.809. The van der Waals surface area contributed by atoms with Crippen molar-refractivity contribution in [1.29, 1.82) is 0 Å². The van der Waals surface area contributed by atoms with Gasteiger partial charge in [0.1, 0.15) is 11.5 Å². The Bertz CT molecular complexity index is 643. The molecule has 1 fully saturated rings. The lowest BCUT2D eigenvalue weighted by molar-refractivity contribution is 0.0727. The van der Waals surface area contributed by atoms with Gasteiger partial charge in [-0.3, -0.25) is 9.89 Å². The summed E-state index contributed by atoms with van der Waals surface area (Å²) >= 11 is 5.92. The number of H-pyrrole nitrogens is 1. The predicted molar refractivity (Wildman–Crippen MR) is 73.0 cm³/mol. The number of amides is 1. The summed E-state index contributed by atoms with van der Waals surface area (Å²) in [7, 11) is 0. The maximum Gasteiger partial charge on any atom is 0.273 e. The third-order valence-electron chi connectivity index (χ3n) is 3.58. The molecule has 0 unspecified atom stereocenters. The summed E-state index contributed by atoms with van der Waals surface area (Å²) in [5, 5.41) is 6.64. The van der Waals surface area contributed by atoms with Crippen LogP contribution in [0.5, 0.6) is 0 Å². The third kappa shape index (κ3) is 2.18. The highest BCUT2D eigenvalue weighted by atomic mass is 35.5. The molecule has 2 aromatic rings. The molecule has 0 aliphatic carbocycles. The SMILES string of the molecule is O=C(c1[nH]ncc1Cl)N1CCC[C@H]1c1ccccc1F. The topological polar surface area (TPSA) is 49.0 Å². The van der Waals surface area contributed by atoms with Crippen LogP contribution < -0.4 is 0 Å². The Labute approximate surface area is 120 Å². The zero-order valence-corrected chi connectivity index (χ0v) is 11.4. The van der Waals surface area contributed by atoms with Gasteiger partial charge >= 0.3 is 0 Å². The van der Waals surface area contributed by atoms with E-state index >= 15 is 0 Å². The van der Waals surface area contributed by atoms with Gasteiger partial charge in [-0.1, -0.05) is 29.8 Å². The molecular formula is C14H13ClFN3O. The van der Waals surface area contributed by atoms with E-state index in [-0.39, 0.29) is 28.5 Å². The number of carbonyl (C=O) groups excluding carboxylic acids is 1. The highest BCUT2D eigenvalue weighted by Crippen LogP contribution is 2.34. The van der Waals surface area contributed by atoms with E-state index in [0.717, 1.165) is 12.8 Å². The van der Waals surface area contributed by atoms with Crippen LogP contribution in [0.2, 0.25) is 5.02 Å². The molecule has 104 valence electrons. The minimum Gasteiger partial charge on any atom is -0.330 e. The van der Waals surface area contributed by atoms with Crippen LogP contribution >= 0.6 is 11.6 Å². The average molecular weight is 294 g/mol. The Balaban J connectivity index is 1.92. The van der Waals surface area contributed by atoms with Gasteiger partial charge < -0.3 is 4.90 Å². The van der Waals surface area contributed by atoms with Crippen molar-refractivity contribution in [2.45, 2.75) is 18.9 Å². The van der Waals surface area contributed by atoms with Crippen LogP contribution in [0.4, 0.5) is 4.39 Å². The molecule has 1 aromatic carbocycles. The maximum atomic E-state index is 13.9. The van der Waals surface area contributed by atoms with E-state index < -0.39 is 0 Å². The minimum atomic E-state index is -0.284. The number of aromatic amines is 1. The standard InChI is InChI=1S/C14H13ClFN3O/c15-10-8-17-18-13(10)14(20)19-7-3-6-12(19)9-4-1-2-5-11(9)16/h1-2,4-5,8,12H,3,6-7H2,(H,17,18)/t12-/m0/s1. The van der Waals surface area contributed by atoms with E-state index in [4.69, 9.17) is 11.6 Å². The van der Waals surface area contributed by atoms with E-state index in [1.807, 2.05) is 0 Å². The summed E-state index contributed by atoms with van der Waals surface area (Å²) < 4.78 is 13.9. The summed E-state index contributed by atoms with van der Waals surface area (Å²) in [5.74, 6) is -0.522.